The summed E-state index contributed by atoms with van der Waals surface area (Å²) in [4.78, 5) is 14.0. The summed E-state index contributed by atoms with van der Waals surface area (Å²) in [5.74, 6) is -0.220. The molecule has 0 unspecified atom stereocenters. The van der Waals surface area contributed by atoms with Gasteiger partial charge in [-0.25, -0.2) is 9.18 Å². The summed E-state index contributed by atoms with van der Waals surface area (Å²) >= 11 is 0. The molecule has 3 nitrogen and oxygen atoms in total. The number of benzene rings is 3. The van der Waals surface area contributed by atoms with Crippen molar-refractivity contribution in [3.05, 3.63) is 94.1 Å². The van der Waals surface area contributed by atoms with Crippen molar-refractivity contribution >= 4 is 21.7 Å². The summed E-state index contributed by atoms with van der Waals surface area (Å²) in [6, 6.07) is 20.1. The van der Waals surface area contributed by atoms with Gasteiger partial charge >= 0.3 is 5.63 Å². The molecule has 0 aliphatic carbocycles. The van der Waals surface area contributed by atoms with E-state index in [-0.39, 0.29) is 11.4 Å². The third-order valence-corrected chi connectivity index (χ3v) is 4.55. The fraction of sp³-hybridized carbons (Fsp3) is 0.136. The molecule has 0 atom stereocenters. The first-order chi connectivity index (χ1) is 12.6. The van der Waals surface area contributed by atoms with E-state index in [1.54, 1.807) is 12.1 Å². The zero-order chi connectivity index (χ0) is 18.1. The van der Waals surface area contributed by atoms with Crippen molar-refractivity contribution in [1.29, 1.82) is 0 Å². The van der Waals surface area contributed by atoms with E-state index in [9.17, 15) is 9.18 Å². The summed E-state index contributed by atoms with van der Waals surface area (Å²) in [7, 11) is 1.91. The maximum Gasteiger partial charge on any atom is 0.336 e. The Morgan fingerprint density at radius 3 is 2.50 bits per heavy atom. The minimum absolute atomic E-state index is 0.220. The van der Waals surface area contributed by atoms with E-state index in [2.05, 4.69) is 0 Å². The Morgan fingerprint density at radius 2 is 1.65 bits per heavy atom. The summed E-state index contributed by atoms with van der Waals surface area (Å²) < 4.78 is 19.3. The largest absolute Gasteiger partial charge is 0.423 e. The van der Waals surface area contributed by atoms with Crippen LogP contribution in [0.1, 0.15) is 11.1 Å². The molecular formula is C22H18FNO2. The van der Waals surface area contributed by atoms with Gasteiger partial charge in [-0.2, -0.15) is 0 Å². The van der Waals surface area contributed by atoms with Crippen molar-refractivity contribution in [2.45, 2.75) is 13.1 Å². The van der Waals surface area contributed by atoms with E-state index >= 15 is 0 Å². The van der Waals surface area contributed by atoms with Crippen LogP contribution in [0.4, 0.5) is 4.39 Å². The molecule has 0 N–H and O–H groups in total. The molecule has 0 aliphatic rings. The fourth-order valence-electron chi connectivity index (χ4n) is 3.41. The van der Waals surface area contributed by atoms with Gasteiger partial charge in [-0.3, -0.25) is 4.90 Å². The van der Waals surface area contributed by atoms with E-state index < -0.39 is 0 Å². The van der Waals surface area contributed by atoms with Gasteiger partial charge in [0.1, 0.15) is 11.4 Å². The number of nitrogens with zero attached hydrogens (tertiary/aromatic N) is 1. The van der Waals surface area contributed by atoms with Gasteiger partial charge in [-0.15, -0.1) is 0 Å². The van der Waals surface area contributed by atoms with Crippen LogP contribution in [0.25, 0.3) is 21.7 Å². The second kappa shape index (κ2) is 6.73. The molecule has 26 heavy (non-hydrogen) atoms. The molecule has 0 aliphatic heterocycles. The summed E-state index contributed by atoms with van der Waals surface area (Å²) in [6.45, 7) is 0.976. The number of rotatable bonds is 4. The molecular weight excluding hydrogens is 329 g/mol. The number of hydrogen-bond donors (Lipinski definition) is 0. The quantitative estimate of drug-likeness (QED) is 0.396. The topological polar surface area (TPSA) is 33.5 Å². The minimum atomic E-state index is -0.373. The second-order valence-electron chi connectivity index (χ2n) is 6.51. The molecule has 0 fully saturated rings. The summed E-state index contributed by atoms with van der Waals surface area (Å²) in [5.41, 5.74) is 1.71. The van der Waals surface area contributed by atoms with Crippen LogP contribution in [-0.4, -0.2) is 11.9 Å². The lowest BCUT2D eigenvalue weighted by molar-refractivity contribution is 0.314. The monoisotopic (exact) mass is 347 g/mol. The predicted octanol–water partition coefficient (Wildman–Crippen LogP) is 4.72. The van der Waals surface area contributed by atoms with Gasteiger partial charge in [0.2, 0.25) is 0 Å². The average molecular weight is 347 g/mol. The highest BCUT2D eigenvalue weighted by molar-refractivity contribution is 6.07. The molecule has 0 bridgehead atoms. The fourth-order valence-corrected chi connectivity index (χ4v) is 3.41. The molecule has 1 aromatic heterocycles. The molecule has 0 saturated carbocycles. The van der Waals surface area contributed by atoms with Crippen molar-refractivity contribution in [3.8, 4) is 0 Å². The van der Waals surface area contributed by atoms with Gasteiger partial charge in [0.05, 0.1) is 0 Å². The Hall–Kier alpha value is -2.98. The number of fused-ring (bicyclic) bond motifs is 3. The van der Waals surface area contributed by atoms with E-state index in [0.29, 0.717) is 24.2 Å². The van der Waals surface area contributed by atoms with Crippen LogP contribution in [0.15, 0.2) is 75.9 Å². The van der Waals surface area contributed by atoms with Gasteiger partial charge in [-0.05, 0) is 35.5 Å². The van der Waals surface area contributed by atoms with E-state index in [1.165, 1.54) is 12.1 Å². The zero-order valence-electron chi connectivity index (χ0n) is 14.4. The van der Waals surface area contributed by atoms with Crippen molar-refractivity contribution in [2.75, 3.05) is 7.05 Å². The maximum atomic E-state index is 13.9. The Labute approximate surface area is 150 Å². The lowest BCUT2D eigenvalue weighted by Crippen LogP contribution is -2.19. The normalized spacial score (nSPS) is 11.5. The Balaban J connectivity index is 1.77. The van der Waals surface area contributed by atoms with Crippen LogP contribution in [0.2, 0.25) is 0 Å². The van der Waals surface area contributed by atoms with Crippen LogP contribution in [-0.2, 0) is 13.1 Å². The third-order valence-electron chi connectivity index (χ3n) is 4.55. The number of hydrogen-bond acceptors (Lipinski definition) is 3. The molecule has 0 saturated heterocycles. The van der Waals surface area contributed by atoms with Crippen LogP contribution in [0, 0.1) is 5.82 Å². The molecule has 0 amide bonds. The van der Waals surface area contributed by atoms with E-state index in [0.717, 1.165) is 21.7 Å². The first-order valence-corrected chi connectivity index (χ1v) is 8.48. The van der Waals surface area contributed by atoms with Crippen molar-refractivity contribution in [1.82, 2.24) is 4.90 Å². The Bertz CT molecular complexity index is 1150. The van der Waals surface area contributed by atoms with Gasteiger partial charge in [0, 0.05) is 30.1 Å². The smallest absolute Gasteiger partial charge is 0.336 e. The highest BCUT2D eigenvalue weighted by Crippen LogP contribution is 2.28. The zero-order valence-corrected chi connectivity index (χ0v) is 14.4. The van der Waals surface area contributed by atoms with Crippen molar-refractivity contribution in [2.24, 2.45) is 0 Å². The van der Waals surface area contributed by atoms with Gasteiger partial charge < -0.3 is 4.42 Å². The van der Waals surface area contributed by atoms with Crippen LogP contribution in [0.5, 0.6) is 0 Å². The molecule has 4 rings (SSSR count). The molecule has 3 aromatic carbocycles. The van der Waals surface area contributed by atoms with Gasteiger partial charge in [0.25, 0.3) is 0 Å². The number of halogens is 1. The van der Waals surface area contributed by atoms with E-state index in [1.807, 2.05) is 54.4 Å². The highest BCUT2D eigenvalue weighted by Gasteiger charge is 2.12. The third kappa shape index (κ3) is 3.11. The molecule has 4 aromatic rings. The second-order valence-corrected chi connectivity index (χ2v) is 6.51. The maximum absolute atomic E-state index is 13.9. The first kappa shape index (κ1) is 16.5. The first-order valence-electron chi connectivity index (χ1n) is 8.48. The molecule has 4 heteroatoms. The highest BCUT2D eigenvalue weighted by atomic mass is 19.1. The van der Waals surface area contributed by atoms with Crippen LogP contribution < -0.4 is 5.63 Å². The summed E-state index contributed by atoms with van der Waals surface area (Å²) in [6.07, 6.45) is 0. The Morgan fingerprint density at radius 1 is 0.923 bits per heavy atom. The SMILES string of the molecule is CN(Cc1ccccc1F)Cc1cc(=O)oc2ccc3ccccc3c12. The lowest BCUT2D eigenvalue weighted by atomic mass is 10.0. The average Bonchev–Trinajstić information content (AvgIpc) is 2.63. The lowest BCUT2D eigenvalue weighted by Gasteiger charge is -2.18. The standard InChI is InChI=1S/C22H18FNO2/c1-24(13-16-7-3-5-9-19(16)23)14-17-12-21(25)26-20-11-10-15-6-2-4-8-18(15)22(17)20/h2-12H,13-14H2,1H3. The Kier molecular flexibility index (Phi) is 4.27. The van der Waals surface area contributed by atoms with E-state index in [4.69, 9.17) is 4.42 Å². The summed E-state index contributed by atoms with van der Waals surface area (Å²) in [5, 5.41) is 3.07. The van der Waals surface area contributed by atoms with Gasteiger partial charge in [0.15, 0.2) is 0 Å². The van der Waals surface area contributed by atoms with Crippen molar-refractivity contribution < 1.29 is 8.81 Å². The molecule has 130 valence electrons. The minimum Gasteiger partial charge on any atom is -0.423 e. The molecule has 0 spiro atoms. The van der Waals surface area contributed by atoms with Crippen LogP contribution in [0.3, 0.4) is 0 Å². The van der Waals surface area contributed by atoms with Gasteiger partial charge in [-0.1, -0.05) is 48.5 Å². The van der Waals surface area contributed by atoms with Crippen molar-refractivity contribution in [3.63, 3.8) is 0 Å². The predicted molar refractivity (Wildman–Crippen MR) is 102 cm³/mol. The van der Waals surface area contributed by atoms with Crippen LogP contribution >= 0.6 is 0 Å². The molecule has 0 radical (unpaired) electrons. The molecule has 1 heterocycles.